The Morgan fingerprint density at radius 1 is 0.250 bits per heavy atom. The number of anilines is 6. The van der Waals surface area contributed by atoms with Gasteiger partial charge in [-0.1, -0.05) is 170 Å². The van der Waals surface area contributed by atoms with Crippen molar-refractivity contribution in [1.82, 2.24) is 0 Å². The van der Waals surface area contributed by atoms with Crippen molar-refractivity contribution in [1.29, 1.82) is 0 Å². The lowest BCUT2D eigenvalue weighted by Gasteiger charge is -2.29. The van der Waals surface area contributed by atoms with Gasteiger partial charge in [-0.2, -0.15) is 0 Å². The van der Waals surface area contributed by atoms with Crippen LogP contribution in [0.2, 0.25) is 0 Å². The summed E-state index contributed by atoms with van der Waals surface area (Å²) in [5, 5.41) is 9.89. The fourth-order valence-corrected chi connectivity index (χ4v) is 8.11. The van der Waals surface area contributed by atoms with E-state index in [0.29, 0.717) is 0 Å². The first-order chi connectivity index (χ1) is 27.8. The van der Waals surface area contributed by atoms with Gasteiger partial charge < -0.3 is 9.80 Å². The average molecular weight is 715 g/mol. The van der Waals surface area contributed by atoms with Crippen LogP contribution >= 0.6 is 0 Å². The molecule has 264 valence electrons. The number of hydrogen-bond donors (Lipinski definition) is 0. The van der Waals surface area contributed by atoms with Gasteiger partial charge in [0.05, 0.1) is 11.4 Å². The SMILES string of the molecule is C(=Cc1ccc(N(c2cc3ccccc3c3ccccc23)c2cc3ccccc3c3ccccc23)cc1)c1ccc(N(c2ccccc2)c2ccccc2)cc1. The van der Waals surface area contributed by atoms with Gasteiger partial charge in [0.15, 0.2) is 0 Å². The predicted octanol–water partition coefficient (Wildman–Crippen LogP) is 15.4. The molecule has 0 N–H and O–H groups in total. The van der Waals surface area contributed by atoms with Crippen LogP contribution in [0.1, 0.15) is 11.1 Å². The highest BCUT2D eigenvalue weighted by atomic mass is 15.1. The Bertz CT molecular complexity index is 2850. The fourth-order valence-electron chi connectivity index (χ4n) is 8.11. The fraction of sp³-hybridized carbons (Fsp3) is 0. The molecule has 0 atom stereocenters. The molecule has 10 aromatic carbocycles. The molecule has 2 nitrogen and oxygen atoms in total. The van der Waals surface area contributed by atoms with Crippen LogP contribution in [-0.4, -0.2) is 0 Å². The van der Waals surface area contributed by atoms with Crippen LogP contribution in [0.4, 0.5) is 34.1 Å². The van der Waals surface area contributed by atoms with E-state index in [9.17, 15) is 0 Å². The number of hydrogen-bond acceptors (Lipinski definition) is 2. The van der Waals surface area contributed by atoms with Crippen LogP contribution in [0.5, 0.6) is 0 Å². The predicted molar refractivity (Wildman–Crippen MR) is 241 cm³/mol. The van der Waals surface area contributed by atoms with Crippen LogP contribution in [0.15, 0.2) is 218 Å². The molecular formula is C54H38N2. The van der Waals surface area contributed by atoms with Gasteiger partial charge in [-0.15, -0.1) is 0 Å². The molecule has 0 saturated carbocycles. The van der Waals surface area contributed by atoms with Gasteiger partial charge in [0.1, 0.15) is 0 Å². The Kier molecular flexibility index (Phi) is 8.55. The maximum absolute atomic E-state index is 2.46. The lowest BCUT2D eigenvalue weighted by atomic mass is 9.96. The first-order valence-electron chi connectivity index (χ1n) is 19.2. The Hall–Kier alpha value is -7.42. The quantitative estimate of drug-likeness (QED) is 0.114. The second-order valence-corrected chi connectivity index (χ2v) is 14.2. The van der Waals surface area contributed by atoms with E-state index in [4.69, 9.17) is 0 Å². The van der Waals surface area contributed by atoms with Gasteiger partial charge in [-0.05, 0) is 104 Å². The van der Waals surface area contributed by atoms with E-state index in [1.165, 1.54) is 43.1 Å². The number of benzene rings is 10. The minimum absolute atomic E-state index is 1.11. The van der Waals surface area contributed by atoms with E-state index in [-0.39, 0.29) is 0 Å². The van der Waals surface area contributed by atoms with E-state index in [2.05, 4.69) is 240 Å². The maximum atomic E-state index is 2.46. The Balaban J connectivity index is 1.05. The third-order valence-corrected chi connectivity index (χ3v) is 10.8. The van der Waals surface area contributed by atoms with Crippen molar-refractivity contribution in [2.75, 3.05) is 9.80 Å². The molecule has 0 saturated heterocycles. The van der Waals surface area contributed by atoms with E-state index >= 15 is 0 Å². The molecule has 0 aromatic heterocycles. The van der Waals surface area contributed by atoms with E-state index < -0.39 is 0 Å². The summed E-state index contributed by atoms with van der Waals surface area (Å²) in [5.74, 6) is 0. The van der Waals surface area contributed by atoms with E-state index in [1.807, 2.05) is 0 Å². The minimum Gasteiger partial charge on any atom is -0.311 e. The van der Waals surface area contributed by atoms with Gasteiger partial charge in [0.25, 0.3) is 0 Å². The number of rotatable bonds is 8. The third-order valence-electron chi connectivity index (χ3n) is 10.8. The molecule has 2 heteroatoms. The summed E-state index contributed by atoms with van der Waals surface area (Å²) in [4.78, 5) is 4.75. The van der Waals surface area contributed by atoms with Crippen molar-refractivity contribution in [2.24, 2.45) is 0 Å². The molecule has 56 heavy (non-hydrogen) atoms. The van der Waals surface area contributed by atoms with Crippen molar-refractivity contribution in [3.8, 4) is 0 Å². The number of nitrogens with zero attached hydrogens (tertiary/aromatic N) is 2. The van der Waals surface area contributed by atoms with Gasteiger partial charge in [0.2, 0.25) is 0 Å². The second kappa shape index (κ2) is 14.4. The van der Waals surface area contributed by atoms with Gasteiger partial charge in [0, 0.05) is 33.5 Å². The molecule has 0 aliphatic carbocycles. The molecule has 10 rings (SSSR count). The summed E-state index contributed by atoms with van der Waals surface area (Å²) in [6, 6.07) is 78.6. The van der Waals surface area contributed by atoms with E-state index in [0.717, 1.165) is 45.3 Å². The molecule has 0 aliphatic rings. The molecule has 0 unspecified atom stereocenters. The topological polar surface area (TPSA) is 6.48 Å². The lowest BCUT2D eigenvalue weighted by Crippen LogP contribution is -2.11. The van der Waals surface area contributed by atoms with Crippen molar-refractivity contribution < 1.29 is 0 Å². The summed E-state index contributed by atoms with van der Waals surface area (Å²) in [7, 11) is 0. The first-order valence-corrected chi connectivity index (χ1v) is 19.2. The zero-order chi connectivity index (χ0) is 37.3. The monoisotopic (exact) mass is 714 g/mol. The summed E-state index contributed by atoms with van der Waals surface area (Å²) >= 11 is 0. The van der Waals surface area contributed by atoms with Crippen molar-refractivity contribution >= 4 is 89.4 Å². The summed E-state index contributed by atoms with van der Waals surface area (Å²) in [5.41, 5.74) is 9.08. The molecule has 0 spiro atoms. The highest BCUT2D eigenvalue weighted by Crippen LogP contribution is 2.46. The van der Waals surface area contributed by atoms with Crippen LogP contribution in [0.25, 0.3) is 55.2 Å². The molecule has 0 radical (unpaired) electrons. The van der Waals surface area contributed by atoms with Gasteiger partial charge in [-0.25, -0.2) is 0 Å². The van der Waals surface area contributed by atoms with Crippen LogP contribution in [0.3, 0.4) is 0 Å². The minimum atomic E-state index is 1.11. The number of para-hydroxylation sites is 2. The lowest BCUT2D eigenvalue weighted by molar-refractivity contribution is 1.28. The van der Waals surface area contributed by atoms with Gasteiger partial charge >= 0.3 is 0 Å². The Morgan fingerprint density at radius 2 is 0.571 bits per heavy atom. The molecular weight excluding hydrogens is 677 g/mol. The Labute approximate surface area is 327 Å². The van der Waals surface area contributed by atoms with Crippen molar-refractivity contribution in [2.45, 2.75) is 0 Å². The average Bonchev–Trinajstić information content (AvgIpc) is 3.27. The van der Waals surface area contributed by atoms with Crippen molar-refractivity contribution in [3.05, 3.63) is 230 Å². The zero-order valence-electron chi connectivity index (χ0n) is 30.8. The molecule has 0 bridgehead atoms. The summed E-state index contributed by atoms with van der Waals surface area (Å²) in [6.45, 7) is 0. The zero-order valence-corrected chi connectivity index (χ0v) is 30.8. The van der Waals surface area contributed by atoms with Crippen molar-refractivity contribution in [3.63, 3.8) is 0 Å². The van der Waals surface area contributed by atoms with Crippen LogP contribution in [0, 0.1) is 0 Å². The number of fused-ring (bicyclic) bond motifs is 6. The summed E-state index contributed by atoms with van der Waals surface area (Å²) in [6.07, 6.45) is 4.39. The molecule has 0 amide bonds. The molecule has 10 aromatic rings. The maximum Gasteiger partial charge on any atom is 0.0546 e. The standard InChI is InChI=1S/C54H38N2/c1-3-17-43(18-4-1)55(44-19-5-2-6-20-44)45-33-29-39(30-34-45)27-28-40-31-35-46(36-32-40)56(53-37-41-15-7-9-21-47(41)49-23-11-13-25-51(49)53)54-38-42-16-8-10-22-48(42)50-24-12-14-26-52(50)54/h1-38H. The second-order valence-electron chi connectivity index (χ2n) is 14.2. The molecule has 0 fully saturated rings. The Morgan fingerprint density at radius 3 is 1.00 bits per heavy atom. The largest absolute Gasteiger partial charge is 0.311 e. The first kappa shape index (κ1) is 33.2. The van der Waals surface area contributed by atoms with Crippen LogP contribution in [-0.2, 0) is 0 Å². The smallest absolute Gasteiger partial charge is 0.0546 e. The highest BCUT2D eigenvalue weighted by molar-refractivity contribution is 6.18. The highest BCUT2D eigenvalue weighted by Gasteiger charge is 2.20. The van der Waals surface area contributed by atoms with E-state index in [1.54, 1.807) is 0 Å². The van der Waals surface area contributed by atoms with Gasteiger partial charge in [-0.3, -0.25) is 0 Å². The third kappa shape index (κ3) is 6.14. The summed E-state index contributed by atoms with van der Waals surface area (Å²) < 4.78 is 0. The van der Waals surface area contributed by atoms with Crippen LogP contribution < -0.4 is 9.80 Å². The molecule has 0 heterocycles. The molecule has 0 aliphatic heterocycles. The normalized spacial score (nSPS) is 11.5.